The Hall–Kier alpha value is -4.55. The highest BCUT2D eigenvalue weighted by Crippen LogP contribution is 2.20. The summed E-state index contributed by atoms with van der Waals surface area (Å²) in [6.45, 7) is 5.55. The Kier molecular flexibility index (Phi) is 13.3. The van der Waals surface area contributed by atoms with Gasteiger partial charge in [0.2, 0.25) is 0 Å². The average molecular weight is 639 g/mol. The molecular weight excluding hydrogens is 600 g/mol. The van der Waals surface area contributed by atoms with Crippen LogP contribution in [0.15, 0.2) is 89.8 Å². The number of carbonyl (C=O) groups is 4. The first-order chi connectivity index (χ1) is 21.5. The van der Waals surface area contributed by atoms with Crippen molar-refractivity contribution < 1.29 is 41.5 Å². The number of nitrogens with one attached hydrogen (secondary N) is 1. The van der Waals surface area contributed by atoms with Gasteiger partial charge in [0.15, 0.2) is 0 Å². The summed E-state index contributed by atoms with van der Waals surface area (Å²) in [4.78, 5) is 56.6. The molecule has 0 radical (unpaired) electrons. The van der Waals surface area contributed by atoms with Crippen LogP contribution >= 0.6 is 0 Å². The lowest BCUT2D eigenvalue weighted by atomic mass is 10.1. The zero-order valence-corrected chi connectivity index (χ0v) is 26.3. The van der Waals surface area contributed by atoms with Crippen molar-refractivity contribution in [3.63, 3.8) is 0 Å². The second-order valence-electron chi connectivity index (χ2n) is 10.4. The Bertz CT molecular complexity index is 1530. The fourth-order valence-corrected chi connectivity index (χ4v) is 5.37. The van der Waals surface area contributed by atoms with Crippen LogP contribution in [0.2, 0.25) is 0 Å². The van der Waals surface area contributed by atoms with Crippen LogP contribution in [-0.2, 0) is 33.6 Å². The van der Waals surface area contributed by atoms with Crippen molar-refractivity contribution in [3.05, 3.63) is 102 Å². The number of hydrogen-bond acceptors (Lipinski definition) is 9. The molecule has 0 bridgehead atoms. The van der Waals surface area contributed by atoms with Crippen molar-refractivity contribution >= 4 is 33.9 Å². The van der Waals surface area contributed by atoms with E-state index in [1.807, 2.05) is 26.8 Å². The predicted octanol–water partition coefficient (Wildman–Crippen LogP) is 5.31. The SMILES string of the molecule is CC1CCC(=O)N1OC(=O)c1ccccc1.CCC(CCCC(=O)NOC(=O)c1ccccc1)OS(=O)(=O)c1ccc(C)cc1. The minimum Gasteiger partial charge on any atom is -0.335 e. The lowest BCUT2D eigenvalue weighted by molar-refractivity contribution is -0.166. The first-order valence-corrected chi connectivity index (χ1v) is 16.1. The molecule has 1 saturated heterocycles. The summed E-state index contributed by atoms with van der Waals surface area (Å²) in [5, 5.41) is 1.18. The smallest absolute Gasteiger partial charge is 0.335 e. The molecule has 1 heterocycles. The van der Waals surface area contributed by atoms with Crippen molar-refractivity contribution in [2.75, 3.05) is 0 Å². The number of aryl methyl sites for hydroxylation is 1. The summed E-state index contributed by atoms with van der Waals surface area (Å²) in [6.07, 6.45) is 1.96. The lowest BCUT2D eigenvalue weighted by Gasteiger charge is -2.19. The number of carbonyl (C=O) groups excluding carboxylic acids is 4. The second kappa shape index (κ2) is 17.1. The number of nitrogens with zero attached hydrogens (tertiary/aromatic N) is 1. The molecule has 3 aromatic carbocycles. The topological polar surface area (TPSA) is 145 Å². The number of hydroxylamine groups is 3. The van der Waals surface area contributed by atoms with E-state index in [9.17, 15) is 27.6 Å². The molecule has 1 aliphatic rings. The Morgan fingerprint density at radius 1 is 0.911 bits per heavy atom. The van der Waals surface area contributed by atoms with E-state index in [-0.39, 0.29) is 23.3 Å². The monoisotopic (exact) mass is 638 g/mol. The summed E-state index contributed by atoms with van der Waals surface area (Å²) in [5.41, 5.74) is 3.84. The molecule has 11 nitrogen and oxygen atoms in total. The molecule has 1 aliphatic heterocycles. The van der Waals surface area contributed by atoms with Gasteiger partial charge in [-0.15, -0.1) is 0 Å². The zero-order chi connectivity index (χ0) is 32.8. The maximum Gasteiger partial charge on any atom is 0.363 e. The number of hydrogen-bond donors (Lipinski definition) is 1. The standard InChI is InChI=1S/C21H25NO6S.C12H13NO3/c1-3-18(28-29(25,26)19-14-12-16(2)13-15-19)10-7-11-20(23)22-27-21(24)17-8-5-4-6-9-17;1-9-7-8-11(14)13(9)16-12(15)10-5-3-2-4-6-10/h4-6,8-9,12-15,18H,3,7,10-11H2,1-2H3,(H,22,23);2-6,9H,7-8H2,1H3. The Labute approximate surface area is 263 Å². The van der Waals surface area contributed by atoms with E-state index in [1.165, 1.54) is 17.2 Å². The fourth-order valence-electron chi connectivity index (χ4n) is 4.20. The van der Waals surface area contributed by atoms with Gasteiger partial charge >= 0.3 is 11.9 Å². The number of amides is 2. The third kappa shape index (κ3) is 11.1. The third-order valence-electron chi connectivity index (χ3n) is 6.84. The highest BCUT2D eigenvalue weighted by Gasteiger charge is 2.31. The van der Waals surface area contributed by atoms with Gasteiger partial charge < -0.3 is 9.68 Å². The molecular formula is C33H38N2O9S. The maximum atomic E-state index is 12.4. The number of rotatable bonds is 11. The lowest BCUT2D eigenvalue weighted by Crippen LogP contribution is -2.33. The van der Waals surface area contributed by atoms with Gasteiger partial charge in [-0.3, -0.25) is 13.8 Å². The molecule has 45 heavy (non-hydrogen) atoms. The maximum absolute atomic E-state index is 12.4. The van der Waals surface area contributed by atoms with Gasteiger partial charge in [0.1, 0.15) is 0 Å². The normalized spacial score (nSPS) is 15.0. The van der Waals surface area contributed by atoms with E-state index < -0.39 is 34.1 Å². The summed E-state index contributed by atoms with van der Waals surface area (Å²) in [6, 6.07) is 23.3. The molecule has 0 aliphatic carbocycles. The van der Waals surface area contributed by atoms with E-state index in [4.69, 9.17) is 13.9 Å². The van der Waals surface area contributed by atoms with Gasteiger partial charge in [0.25, 0.3) is 21.9 Å². The summed E-state index contributed by atoms with van der Waals surface area (Å²) < 4.78 is 30.0. The van der Waals surface area contributed by atoms with Gasteiger partial charge in [0.05, 0.1) is 28.2 Å². The van der Waals surface area contributed by atoms with Crippen LogP contribution in [-0.4, -0.2) is 49.4 Å². The predicted molar refractivity (Wildman–Crippen MR) is 165 cm³/mol. The highest BCUT2D eigenvalue weighted by atomic mass is 32.2. The van der Waals surface area contributed by atoms with Crippen LogP contribution in [0.4, 0.5) is 0 Å². The van der Waals surface area contributed by atoms with Gasteiger partial charge in [0, 0.05) is 12.8 Å². The number of benzene rings is 3. The highest BCUT2D eigenvalue weighted by molar-refractivity contribution is 7.86. The van der Waals surface area contributed by atoms with E-state index in [1.54, 1.807) is 66.7 Å². The van der Waals surface area contributed by atoms with Crippen LogP contribution in [0.1, 0.15) is 78.7 Å². The molecule has 0 saturated carbocycles. The van der Waals surface area contributed by atoms with Crippen LogP contribution < -0.4 is 5.48 Å². The van der Waals surface area contributed by atoms with Crippen molar-refractivity contribution in [2.45, 2.75) is 76.3 Å². The first kappa shape index (κ1) is 34.9. The van der Waals surface area contributed by atoms with Crippen molar-refractivity contribution in [3.8, 4) is 0 Å². The molecule has 12 heteroatoms. The third-order valence-corrected chi connectivity index (χ3v) is 8.21. The van der Waals surface area contributed by atoms with Crippen LogP contribution in [0, 0.1) is 6.92 Å². The molecule has 0 aromatic heterocycles. The molecule has 2 unspecified atom stereocenters. The second-order valence-corrected chi connectivity index (χ2v) is 12.0. The molecule has 0 spiro atoms. The van der Waals surface area contributed by atoms with E-state index >= 15 is 0 Å². The van der Waals surface area contributed by atoms with Crippen molar-refractivity contribution in [1.29, 1.82) is 0 Å². The van der Waals surface area contributed by atoms with Gasteiger partial charge in [-0.1, -0.05) is 61.0 Å². The Morgan fingerprint density at radius 3 is 2.02 bits per heavy atom. The molecule has 3 aromatic rings. The van der Waals surface area contributed by atoms with Gasteiger partial charge in [-0.2, -0.15) is 19.0 Å². The summed E-state index contributed by atoms with van der Waals surface area (Å²) >= 11 is 0. The molecule has 1 N–H and O–H groups in total. The average Bonchev–Trinajstić information content (AvgIpc) is 3.36. The van der Waals surface area contributed by atoms with Crippen LogP contribution in [0.25, 0.3) is 0 Å². The zero-order valence-electron chi connectivity index (χ0n) is 25.5. The molecule has 2 amide bonds. The van der Waals surface area contributed by atoms with E-state index in [0.29, 0.717) is 36.8 Å². The quantitative estimate of drug-likeness (QED) is 0.218. The van der Waals surface area contributed by atoms with E-state index in [2.05, 4.69) is 5.48 Å². The van der Waals surface area contributed by atoms with Crippen LogP contribution in [0.5, 0.6) is 0 Å². The summed E-state index contributed by atoms with van der Waals surface area (Å²) in [5.74, 6) is -1.73. The van der Waals surface area contributed by atoms with Crippen molar-refractivity contribution in [1.82, 2.24) is 10.5 Å². The molecule has 240 valence electrons. The Morgan fingerprint density at radius 2 is 1.49 bits per heavy atom. The minimum absolute atomic E-state index is 0.0276. The van der Waals surface area contributed by atoms with Gasteiger partial charge in [-0.05, 0) is 75.9 Å². The van der Waals surface area contributed by atoms with Crippen LogP contribution in [0.3, 0.4) is 0 Å². The first-order valence-electron chi connectivity index (χ1n) is 14.6. The molecule has 1 fully saturated rings. The minimum atomic E-state index is -3.86. The van der Waals surface area contributed by atoms with Crippen molar-refractivity contribution in [2.24, 2.45) is 0 Å². The summed E-state index contributed by atoms with van der Waals surface area (Å²) in [7, 11) is -3.86. The molecule has 2 atom stereocenters. The molecule has 4 rings (SSSR count). The fraction of sp³-hybridized carbons (Fsp3) is 0.333. The van der Waals surface area contributed by atoms with Gasteiger partial charge in [-0.25, -0.2) is 9.59 Å². The van der Waals surface area contributed by atoms with E-state index in [0.717, 1.165) is 12.0 Å². The largest absolute Gasteiger partial charge is 0.363 e. The Balaban J connectivity index is 0.000000289.